The lowest BCUT2D eigenvalue weighted by Gasteiger charge is -2.33. The molecule has 34 heavy (non-hydrogen) atoms. The summed E-state index contributed by atoms with van der Waals surface area (Å²) in [7, 11) is -1.94. The van der Waals surface area contributed by atoms with Gasteiger partial charge in [-0.3, -0.25) is 10.2 Å². The zero-order valence-electron chi connectivity index (χ0n) is 19.2. The number of amidine groups is 1. The van der Waals surface area contributed by atoms with E-state index in [1.54, 1.807) is 29.2 Å². The summed E-state index contributed by atoms with van der Waals surface area (Å²) < 4.78 is 27.5. The van der Waals surface area contributed by atoms with E-state index in [1.807, 2.05) is 36.2 Å². The van der Waals surface area contributed by atoms with Crippen LogP contribution < -0.4 is 0 Å². The van der Waals surface area contributed by atoms with Crippen LogP contribution in [0.5, 0.6) is 0 Å². The highest BCUT2D eigenvalue weighted by molar-refractivity contribution is 7.89. The second-order valence-electron chi connectivity index (χ2n) is 8.49. The van der Waals surface area contributed by atoms with Crippen molar-refractivity contribution in [2.45, 2.75) is 24.9 Å². The highest BCUT2D eigenvalue weighted by Gasteiger charge is 2.33. The highest BCUT2D eigenvalue weighted by atomic mass is 35.5. The smallest absolute Gasteiger partial charge is 0.259 e. The molecule has 1 fully saturated rings. The summed E-state index contributed by atoms with van der Waals surface area (Å²) in [5.74, 6) is 0.219. The van der Waals surface area contributed by atoms with Crippen LogP contribution in [-0.4, -0.2) is 72.5 Å². The minimum Gasteiger partial charge on any atom is -0.360 e. The molecule has 2 N–H and O–H groups in total. The molecule has 4 rings (SSSR count). The molecule has 180 valence electrons. The maximum atomic E-state index is 13.1. The molecule has 1 aliphatic rings. The van der Waals surface area contributed by atoms with Crippen molar-refractivity contribution in [1.82, 2.24) is 19.1 Å². The third-order valence-corrected chi connectivity index (χ3v) is 8.00. The third-order valence-electron chi connectivity index (χ3n) is 6.00. The zero-order chi connectivity index (χ0) is 24.5. The maximum Gasteiger partial charge on any atom is 0.259 e. The Morgan fingerprint density at radius 1 is 1.15 bits per heavy atom. The molecule has 0 bridgehead atoms. The number of nitrogens with zero attached hydrogens (tertiary/aromatic N) is 3. The number of aromatic nitrogens is 1. The molecule has 1 aliphatic heterocycles. The fraction of sp³-hybridized carbons (Fsp3) is 0.333. The summed E-state index contributed by atoms with van der Waals surface area (Å²) in [6.07, 6.45) is 0.968. The normalized spacial score (nSPS) is 15.1. The van der Waals surface area contributed by atoms with Crippen LogP contribution in [0.4, 0.5) is 0 Å². The van der Waals surface area contributed by atoms with Crippen LogP contribution in [-0.2, 0) is 21.4 Å². The third kappa shape index (κ3) is 4.96. The Balaban J connectivity index is 1.41. The monoisotopic (exact) mass is 501 g/mol. The summed E-state index contributed by atoms with van der Waals surface area (Å²) in [5, 5.41) is 9.56. The van der Waals surface area contributed by atoms with Gasteiger partial charge < -0.3 is 14.8 Å². The molecule has 0 spiro atoms. The Hall–Kier alpha value is -2.88. The van der Waals surface area contributed by atoms with E-state index < -0.39 is 10.0 Å². The Kier molecular flexibility index (Phi) is 6.97. The van der Waals surface area contributed by atoms with Gasteiger partial charge in [0.25, 0.3) is 10.0 Å². The van der Waals surface area contributed by atoms with Gasteiger partial charge in [0.2, 0.25) is 5.91 Å². The van der Waals surface area contributed by atoms with Gasteiger partial charge in [-0.1, -0.05) is 42.8 Å². The molecule has 2 aromatic carbocycles. The summed E-state index contributed by atoms with van der Waals surface area (Å²) >= 11 is 6.01. The van der Waals surface area contributed by atoms with E-state index in [0.29, 0.717) is 34.9 Å². The van der Waals surface area contributed by atoms with E-state index in [-0.39, 0.29) is 24.0 Å². The number of fused-ring (bicyclic) bond motifs is 1. The number of carbonyl (C=O) groups excluding carboxylic acids is 1. The van der Waals surface area contributed by atoms with Gasteiger partial charge in [-0.25, -0.2) is 8.42 Å². The summed E-state index contributed by atoms with van der Waals surface area (Å²) in [6.45, 7) is 3.61. The minimum absolute atomic E-state index is 0.0529. The fourth-order valence-electron chi connectivity index (χ4n) is 4.07. The van der Waals surface area contributed by atoms with Crippen molar-refractivity contribution in [1.29, 1.82) is 5.41 Å². The van der Waals surface area contributed by atoms with E-state index >= 15 is 0 Å². The number of nitrogens with one attached hydrogen (secondary N) is 2. The summed E-state index contributed by atoms with van der Waals surface area (Å²) in [4.78, 5) is 19.3. The number of piperazine rings is 1. The highest BCUT2D eigenvalue weighted by Crippen LogP contribution is 2.25. The Morgan fingerprint density at radius 2 is 1.88 bits per heavy atom. The molecule has 2 heterocycles. The lowest BCUT2D eigenvalue weighted by Crippen LogP contribution is -2.51. The van der Waals surface area contributed by atoms with E-state index in [2.05, 4.69) is 11.9 Å². The van der Waals surface area contributed by atoms with Crippen LogP contribution in [0.2, 0.25) is 5.02 Å². The van der Waals surface area contributed by atoms with Crippen LogP contribution in [0.1, 0.15) is 24.5 Å². The first kappa shape index (κ1) is 24.3. The van der Waals surface area contributed by atoms with Crippen LogP contribution in [0.3, 0.4) is 0 Å². The van der Waals surface area contributed by atoms with E-state index in [9.17, 15) is 13.2 Å². The number of sulfonamides is 1. The lowest BCUT2D eigenvalue weighted by atomic mass is 10.1. The number of benzene rings is 2. The maximum absolute atomic E-state index is 13.1. The Labute approximate surface area is 204 Å². The largest absolute Gasteiger partial charge is 0.360 e. The second-order valence-corrected chi connectivity index (χ2v) is 10.8. The van der Waals surface area contributed by atoms with Crippen molar-refractivity contribution in [2.75, 3.05) is 33.2 Å². The van der Waals surface area contributed by atoms with Crippen molar-refractivity contribution >= 4 is 44.3 Å². The van der Waals surface area contributed by atoms with Crippen LogP contribution >= 0.6 is 11.6 Å². The van der Waals surface area contributed by atoms with Crippen molar-refractivity contribution in [3.8, 4) is 0 Å². The van der Waals surface area contributed by atoms with Gasteiger partial charge in [0.15, 0.2) is 0 Å². The quantitative estimate of drug-likeness (QED) is 0.382. The number of hydrogen-bond donors (Lipinski definition) is 2. The van der Waals surface area contributed by atoms with Crippen molar-refractivity contribution in [3.63, 3.8) is 0 Å². The van der Waals surface area contributed by atoms with Crippen molar-refractivity contribution < 1.29 is 13.2 Å². The molecule has 1 amide bonds. The van der Waals surface area contributed by atoms with Gasteiger partial charge in [-0.2, -0.15) is 4.31 Å². The molecular weight excluding hydrogens is 474 g/mol. The molecule has 1 aromatic heterocycles. The topological polar surface area (TPSA) is 101 Å². The van der Waals surface area contributed by atoms with E-state index in [0.717, 1.165) is 24.1 Å². The average molecular weight is 502 g/mol. The predicted octanol–water partition coefficient (Wildman–Crippen LogP) is 3.52. The predicted molar refractivity (Wildman–Crippen MR) is 134 cm³/mol. The van der Waals surface area contributed by atoms with Crippen molar-refractivity contribution in [2.24, 2.45) is 0 Å². The van der Waals surface area contributed by atoms with Gasteiger partial charge in [0, 0.05) is 54.7 Å². The van der Waals surface area contributed by atoms with Gasteiger partial charge in [0.05, 0.1) is 6.54 Å². The molecule has 1 saturated heterocycles. The van der Waals surface area contributed by atoms with Gasteiger partial charge in [0.1, 0.15) is 10.9 Å². The van der Waals surface area contributed by atoms with Crippen LogP contribution in [0, 0.1) is 5.41 Å². The van der Waals surface area contributed by atoms with Crippen molar-refractivity contribution in [3.05, 3.63) is 64.7 Å². The number of aromatic amines is 1. The molecule has 0 unspecified atom stereocenters. The Morgan fingerprint density at radius 3 is 2.56 bits per heavy atom. The lowest BCUT2D eigenvalue weighted by molar-refractivity contribution is -0.134. The Bertz CT molecular complexity index is 1320. The number of rotatable bonds is 7. The second kappa shape index (κ2) is 9.77. The number of amides is 1. The number of H-pyrrole nitrogens is 1. The number of carbonyl (C=O) groups is 1. The molecule has 0 saturated carbocycles. The van der Waals surface area contributed by atoms with E-state index in [4.69, 9.17) is 17.0 Å². The molecular formula is C24H28ClN5O3S. The molecule has 0 radical (unpaired) electrons. The number of halogens is 1. The van der Waals surface area contributed by atoms with Gasteiger partial charge >= 0.3 is 0 Å². The molecule has 10 heteroatoms. The standard InChI is InChI=1S/C24H28ClN5O3S/c1-3-10-28(2)24(26)18-6-4-17(5-7-18)15-29-11-12-30(16-23(29)31)34(32,33)22-14-19-13-20(25)8-9-21(19)27-22/h4-9,13-14,26-27H,3,10-12,15-16H2,1-2H3. The first-order valence-corrected chi connectivity index (χ1v) is 13.0. The van der Waals surface area contributed by atoms with Gasteiger partial charge in [-0.15, -0.1) is 0 Å². The molecule has 0 atom stereocenters. The first-order valence-electron chi connectivity index (χ1n) is 11.1. The fourth-order valence-corrected chi connectivity index (χ4v) is 5.65. The SMILES string of the molecule is CCCN(C)C(=N)c1ccc(CN2CCN(S(=O)(=O)c3cc4cc(Cl)ccc4[nH]3)CC2=O)cc1. The van der Waals surface area contributed by atoms with Crippen LogP contribution in [0.15, 0.2) is 53.6 Å². The molecule has 3 aromatic rings. The molecule has 0 aliphatic carbocycles. The average Bonchev–Trinajstić information content (AvgIpc) is 3.24. The zero-order valence-corrected chi connectivity index (χ0v) is 20.8. The van der Waals surface area contributed by atoms with E-state index in [1.165, 1.54) is 4.31 Å². The number of hydrogen-bond acceptors (Lipinski definition) is 4. The summed E-state index contributed by atoms with van der Waals surface area (Å²) in [5.41, 5.74) is 2.43. The minimum atomic E-state index is -3.84. The summed E-state index contributed by atoms with van der Waals surface area (Å²) in [6, 6.07) is 14.3. The van der Waals surface area contributed by atoms with Gasteiger partial charge in [-0.05, 0) is 36.2 Å². The van der Waals surface area contributed by atoms with Crippen LogP contribution in [0.25, 0.3) is 10.9 Å². The first-order chi connectivity index (χ1) is 16.2. The molecule has 8 nitrogen and oxygen atoms in total.